The molecule has 6 nitrogen and oxygen atoms in total. The van der Waals surface area contributed by atoms with Crippen LogP contribution in [0.3, 0.4) is 0 Å². The van der Waals surface area contributed by atoms with E-state index in [1.165, 1.54) is 0 Å². The number of anilines is 2. The van der Waals surface area contributed by atoms with Crippen LogP contribution in [-0.2, 0) is 4.79 Å². The van der Waals surface area contributed by atoms with Gasteiger partial charge in [-0.05, 0) is 20.3 Å². The highest BCUT2D eigenvalue weighted by Gasteiger charge is 2.32. The number of carbonyl (C=O) groups is 1. The maximum absolute atomic E-state index is 11.5. The number of thiazole rings is 1. The zero-order chi connectivity index (χ0) is 15.0. The van der Waals surface area contributed by atoms with E-state index in [1.807, 2.05) is 31.0 Å². The fourth-order valence-corrected chi connectivity index (χ4v) is 3.09. The van der Waals surface area contributed by atoms with E-state index in [0.717, 1.165) is 34.5 Å². The van der Waals surface area contributed by atoms with Crippen molar-refractivity contribution in [2.75, 3.05) is 11.9 Å². The van der Waals surface area contributed by atoms with Crippen molar-refractivity contribution < 1.29 is 4.79 Å². The topological polar surface area (TPSA) is 71.0 Å². The minimum Gasteiger partial charge on any atom is -0.334 e. The summed E-state index contributed by atoms with van der Waals surface area (Å²) in [5, 5.41) is 4.02. The Balaban J connectivity index is 1.84. The Bertz CT molecular complexity index is 684. The van der Waals surface area contributed by atoms with Crippen LogP contribution in [0.25, 0.3) is 0 Å². The number of hydrogen-bond acceptors (Lipinski definition) is 6. The number of aromatic nitrogens is 3. The second-order valence-corrected chi connectivity index (χ2v) is 6.38. The van der Waals surface area contributed by atoms with Gasteiger partial charge in [-0.2, -0.15) is 0 Å². The largest absolute Gasteiger partial charge is 0.334 e. The van der Waals surface area contributed by atoms with E-state index in [0.29, 0.717) is 5.82 Å². The minimum absolute atomic E-state index is 0.0720. The molecule has 2 aromatic heterocycles. The van der Waals surface area contributed by atoms with Gasteiger partial charge in [-0.15, -0.1) is 11.3 Å². The van der Waals surface area contributed by atoms with E-state index in [4.69, 9.17) is 0 Å². The van der Waals surface area contributed by atoms with Gasteiger partial charge in [-0.1, -0.05) is 0 Å². The standard InChI is InChI=1S/C14H17N5OS/c1-8-7-15-14(21-8)18-13-6-11(16-9(2)17-13)12-4-5-19(12)10(3)20/h6-7,12H,4-5H2,1-3H3,(H,15,16,17,18). The number of likely N-dealkylation sites (tertiary alicyclic amines) is 1. The van der Waals surface area contributed by atoms with Crippen LogP contribution in [0.1, 0.15) is 35.8 Å². The lowest BCUT2D eigenvalue weighted by molar-refractivity contribution is -0.136. The third kappa shape index (κ3) is 2.87. The normalized spacial score (nSPS) is 17.5. The molecule has 3 rings (SSSR count). The lowest BCUT2D eigenvalue weighted by Crippen LogP contribution is -2.44. The molecule has 0 bridgehead atoms. The minimum atomic E-state index is 0.0720. The van der Waals surface area contributed by atoms with E-state index in [2.05, 4.69) is 20.3 Å². The van der Waals surface area contributed by atoms with Crippen LogP contribution in [0.4, 0.5) is 10.9 Å². The number of hydrogen-bond donors (Lipinski definition) is 1. The first-order chi connectivity index (χ1) is 10.0. The fourth-order valence-electron chi connectivity index (χ4n) is 2.42. The smallest absolute Gasteiger partial charge is 0.220 e. The predicted octanol–water partition coefficient (Wildman–Crippen LogP) is 2.59. The van der Waals surface area contributed by atoms with Crippen molar-refractivity contribution in [3.8, 4) is 0 Å². The summed E-state index contributed by atoms with van der Waals surface area (Å²) in [7, 11) is 0. The van der Waals surface area contributed by atoms with E-state index in [9.17, 15) is 4.79 Å². The SMILES string of the molecule is CC(=O)N1CCC1c1cc(Nc2ncc(C)s2)nc(C)n1. The third-order valence-corrected chi connectivity index (χ3v) is 4.31. The van der Waals surface area contributed by atoms with E-state index in [-0.39, 0.29) is 11.9 Å². The van der Waals surface area contributed by atoms with Gasteiger partial charge in [0.25, 0.3) is 0 Å². The molecule has 3 heterocycles. The van der Waals surface area contributed by atoms with Crippen LogP contribution in [0.2, 0.25) is 0 Å². The maximum atomic E-state index is 11.5. The Morgan fingerprint density at radius 3 is 2.81 bits per heavy atom. The molecule has 1 amide bonds. The van der Waals surface area contributed by atoms with Gasteiger partial charge < -0.3 is 10.2 Å². The Morgan fingerprint density at radius 1 is 1.43 bits per heavy atom. The average Bonchev–Trinajstić information content (AvgIpc) is 2.71. The molecule has 0 spiro atoms. The van der Waals surface area contributed by atoms with Gasteiger partial charge in [0.15, 0.2) is 5.13 Å². The molecule has 0 radical (unpaired) electrons. The number of carbonyl (C=O) groups excluding carboxylic acids is 1. The molecule has 0 aliphatic carbocycles. The second kappa shape index (κ2) is 5.40. The molecule has 7 heteroatoms. The molecule has 1 fully saturated rings. The fraction of sp³-hybridized carbons (Fsp3) is 0.429. The van der Waals surface area contributed by atoms with E-state index < -0.39 is 0 Å². The highest BCUT2D eigenvalue weighted by atomic mass is 32.1. The molecule has 1 N–H and O–H groups in total. The molecule has 21 heavy (non-hydrogen) atoms. The molecule has 1 aliphatic heterocycles. The molecule has 0 aromatic carbocycles. The Labute approximate surface area is 127 Å². The lowest BCUT2D eigenvalue weighted by Gasteiger charge is -2.40. The van der Waals surface area contributed by atoms with Crippen molar-refractivity contribution in [1.82, 2.24) is 19.9 Å². The molecule has 1 saturated heterocycles. The monoisotopic (exact) mass is 303 g/mol. The summed E-state index contributed by atoms with van der Waals surface area (Å²) in [6.45, 7) is 6.27. The first-order valence-corrected chi connectivity index (χ1v) is 7.67. The summed E-state index contributed by atoms with van der Waals surface area (Å²) in [6, 6.07) is 1.98. The number of nitrogens with one attached hydrogen (secondary N) is 1. The average molecular weight is 303 g/mol. The quantitative estimate of drug-likeness (QED) is 0.943. The second-order valence-electron chi connectivity index (χ2n) is 5.14. The highest BCUT2D eigenvalue weighted by Crippen LogP contribution is 2.33. The number of aryl methyl sites for hydroxylation is 2. The predicted molar refractivity (Wildman–Crippen MR) is 81.6 cm³/mol. The Morgan fingerprint density at radius 2 is 2.24 bits per heavy atom. The van der Waals surface area contributed by atoms with Crippen LogP contribution < -0.4 is 5.32 Å². The molecular weight excluding hydrogens is 286 g/mol. The summed E-state index contributed by atoms with van der Waals surface area (Å²) in [5.41, 5.74) is 0.889. The van der Waals surface area contributed by atoms with Crippen molar-refractivity contribution in [1.29, 1.82) is 0 Å². The lowest BCUT2D eigenvalue weighted by atomic mass is 9.99. The zero-order valence-corrected chi connectivity index (χ0v) is 13.1. The van der Waals surface area contributed by atoms with E-state index in [1.54, 1.807) is 18.3 Å². The summed E-state index contributed by atoms with van der Waals surface area (Å²) < 4.78 is 0. The van der Waals surface area contributed by atoms with Gasteiger partial charge in [-0.3, -0.25) is 4.79 Å². The van der Waals surface area contributed by atoms with Crippen LogP contribution in [0.15, 0.2) is 12.3 Å². The highest BCUT2D eigenvalue weighted by molar-refractivity contribution is 7.15. The maximum Gasteiger partial charge on any atom is 0.220 e. The molecular formula is C14H17N5OS. The summed E-state index contributed by atoms with van der Waals surface area (Å²) >= 11 is 1.58. The van der Waals surface area contributed by atoms with Crippen LogP contribution in [0.5, 0.6) is 0 Å². The van der Waals surface area contributed by atoms with Gasteiger partial charge >= 0.3 is 0 Å². The van der Waals surface area contributed by atoms with Crippen molar-refractivity contribution >= 4 is 28.2 Å². The van der Waals surface area contributed by atoms with Crippen LogP contribution in [0, 0.1) is 13.8 Å². The first kappa shape index (κ1) is 13.9. The summed E-state index contributed by atoms with van der Waals surface area (Å²) in [4.78, 5) is 27.6. The van der Waals surface area contributed by atoms with Gasteiger partial charge in [0.2, 0.25) is 5.91 Å². The summed E-state index contributed by atoms with van der Waals surface area (Å²) in [6.07, 6.45) is 2.78. The van der Waals surface area contributed by atoms with Crippen molar-refractivity contribution in [2.45, 2.75) is 33.2 Å². The van der Waals surface area contributed by atoms with Gasteiger partial charge in [0.1, 0.15) is 11.6 Å². The van der Waals surface area contributed by atoms with Crippen molar-refractivity contribution in [3.05, 3.63) is 28.7 Å². The van der Waals surface area contributed by atoms with Gasteiger partial charge in [0, 0.05) is 30.6 Å². The van der Waals surface area contributed by atoms with E-state index >= 15 is 0 Å². The third-order valence-electron chi connectivity index (χ3n) is 3.48. The van der Waals surface area contributed by atoms with Gasteiger partial charge in [0.05, 0.1) is 11.7 Å². The first-order valence-electron chi connectivity index (χ1n) is 6.85. The Kier molecular flexibility index (Phi) is 3.59. The van der Waals surface area contributed by atoms with Crippen molar-refractivity contribution in [3.63, 3.8) is 0 Å². The molecule has 1 unspecified atom stereocenters. The number of rotatable bonds is 3. The number of nitrogens with zero attached hydrogens (tertiary/aromatic N) is 4. The van der Waals surface area contributed by atoms with Gasteiger partial charge in [-0.25, -0.2) is 15.0 Å². The summed E-state index contributed by atoms with van der Waals surface area (Å²) in [5.74, 6) is 1.51. The molecule has 2 aromatic rings. The van der Waals surface area contributed by atoms with Crippen molar-refractivity contribution in [2.24, 2.45) is 0 Å². The number of amides is 1. The van der Waals surface area contributed by atoms with Crippen LogP contribution >= 0.6 is 11.3 Å². The molecule has 1 aliphatic rings. The van der Waals surface area contributed by atoms with Crippen LogP contribution in [-0.4, -0.2) is 32.3 Å². The molecule has 110 valence electrons. The molecule has 0 saturated carbocycles. The Hall–Kier alpha value is -2.02. The molecule has 1 atom stereocenters. The zero-order valence-electron chi connectivity index (χ0n) is 12.3.